The number of rotatable bonds is 4. The van der Waals surface area contributed by atoms with E-state index < -0.39 is 0 Å². The predicted octanol–water partition coefficient (Wildman–Crippen LogP) is 3.92. The molecule has 0 spiro atoms. The Morgan fingerprint density at radius 3 is 2.45 bits per heavy atom. The predicted molar refractivity (Wildman–Crippen MR) is 79.8 cm³/mol. The van der Waals surface area contributed by atoms with E-state index in [9.17, 15) is 10.1 Å². The van der Waals surface area contributed by atoms with Gasteiger partial charge in [0.05, 0.1) is 4.92 Å². The maximum atomic E-state index is 10.8. The molecule has 1 aromatic rings. The molecule has 20 heavy (non-hydrogen) atoms. The van der Waals surface area contributed by atoms with Crippen LogP contribution in [0.2, 0.25) is 0 Å². The number of aromatic nitrogens is 1. The van der Waals surface area contributed by atoms with Gasteiger partial charge < -0.3 is 5.32 Å². The number of hydrogen-bond donors (Lipinski definition) is 1. The molecule has 0 atom stereocenters. The minimum atomic E-state index is -0.389. The first-order valence-corrected chi connectivity index (χ1v) is 7.36. The van der Waals surface area contributed by atoms with E-state index in [4.69, 9.17) is 0 Å². The Hall–Kier alpha value is -1.65. The van der Waals surface area contributed by atoms with Crippen LogP contribution in [0.5, 0.6) is 0 Å². The summed E-state index contributed by atoms with van der Waals surface area (Å²) >= 11 is 0. The number of pyridine rings is 1. The third-order valence-electron chi connectivity index (χ3n) is 4.32. The fourth-order valence-corrected chi connectivity index (χ4v) is 2.97. The summed E-state index contributed by atoms with van der Waals surface area (Å²) in [6, 6.07) is 3.68. The quantitative estimate of drug-likeness (QED) is 0.669. The SMILES string of the molecule is Cc1nc(N[C@H]2CC[C@H](C(C)C)CC2)ccc1[N+](=O)[O-]. The van der Waals surface area contributed by atoms with Gasteiger partial charge in [0.25, 0.3) is 5.69 Å². The smallest absolute Gasteiger partial charge is 0.290 e. The molecule has 0 aromatic carbocycles. The fourth-order valence-electron chi connectivity index (χ4n) is 2.97. The van der Waals surface area contributed by atoms with Crippen molar-refractivity contribution in [3.63, 3.8) is 0 Å². The summed E-state index contributed by atoms with van der Waals surface area (Å²) < 4.78 is 0. The Bertz CT molecular complexity index is 480. The molecule has 0 amide bonds. The monoisotopic (exact) mass is 277 g/mol. The lowest BCUT2D eigenvalue weighted by Crippen LogP contribution is -2.28. The lowest BCUT2D eigenvalue weighted by Gasteiger charge is -2.31. The van der Waals surface area contributed by atoms with E-state index in [2.05, 4.69) is 24.1 Å². The van der Waals surface area contributed by atoms with Crippen LogP contribution < -0.4 is 5.32 Å². The van der Waals surface area contributed by atoms with Gasteiger partial charge in [0, 0.05) is 12.1 Å². The van der Waals surface area contributed by atoms with Gasteiger partial charge in [-0.1, -0.05) is 13.8 Å². The third kappa shape index (κ3) is 3.46. The lowest BCUT2D eigenvalue weighted by molar-refractivity contribution is -0.385. The van der Waals surface area contributed by atoms with Crippen molar-refractivity contribution in [2.75, 3.05) is 5.32 Å². The van der Waals surface area contributed by atoms with Gasteiger partial charge in [0.2, 0.25) is 0 Å². The van der Waals surface area contributed by atoms with Crippen LogP contribution in [0.4, 0.5) is 11.5 Å². The van der Waals surface area contributed by atoms with Crippen LogP contribution >= 0.6 is 0 Å². The van der Waals surface area contributed by atoms with Crippen LogP contribution in [0.15, 0.2) is 12.1 Å². The number of aryl methyl sites for hydroxylation is 1. The Balaban J connectivity index is 1.95. The number of nitro groups is 1. The zero-order chi connectivity index (χ0) is 14.7. The van der Waals surface area contributed by atoms with Crippen LogP contribution in [-0.4, -0.2) is 15.9 Å². The summed E-state index contributed by atoms with van der Waals surface area (Å²) in [5.74, 6) is 2.34. The van der Waals surface area contributed by atoms with E-state index in [-0.39, 0.29) is 10.6 Å². The molecular formula is C15H23N3O2. The second-order valence-corrected chi connectivity index (χ2v) is 6.06. The van der Waals surface area contributed by atoms with Crippen molar-refractivity contribution in [3.8, 4) is 0 Å². The molecule has 110 valence electrons. The molecule has 5 heteroatoms. The van der Waals surface area contributed by atoms with Gasteiger partial charge in [0.1, 0.15) is 11.5 Å². The van der Waals surface area contributed by atoms with Crippen molar-refractivity contribution in [3.05, 3.63) is 27.9 Å². The summed E-state index contributed by atoms with van der Waals surface area (Å²) in [4.78, 5) is 14.7. The summed E-state index contributed by atoms with van der Waals surface area (Å²) in [5.41, 5.74) is 0.551. The van der Waals surface area contributed by atoms with Gasteiger partial charge in [-0.3, -0.25) is 10.1 Å². The van der Waals surface area contributed by atoms with E-state index in [1.807, 2.05) is 0 Å². The zero-order valence-corrected chi connectivity index (χ0v) is 12.4. The highest BCUT2D eigenvalue weighted by Gasteiger charge is 2.23. The van der Waals surface area contributed by atoms with Gasteiger partial charge >= 0.3 is 0 Å². The van der Waals surface area contributed by atoms with Crippen molar-refractivity contribution in [1.82, 2.24) is 4.98 Å². The van der Waals surface area contributed by atoms with Crippen molar-refractivity contribution in [1.29, 1.82) is 0 Å². The first-order chi connectivity index (χ1) is 9.47. The van der Waals surface area contributed by atoms with E-state index >= 15 is 0 Å². The molecule has 0 aliphatic heterocycles. The Labute approximate surface area is 119 Å². The minimum Gasteiger partial charge on any atom is -0.367 e. The Morgan fingerprint density at radius 1 is 1.30 bits per heavy atom. The molecule has 1 aliphatic carbocycles. The minimum absolute atomic E-state index is 0.0825. The molecule has 1 N–H and O–H groups in total. The summed E-state index contributed by atoms with van der Waals surface area (Å²) in [7, 11) is 0. The highest BCUT2D eigenvalue weighted by atomic mass is 16.6. The molecule has 2 rings (SSSR count). The average molecular weight is 277 g/mol. The van der Waals surface area contributed by atoms with E-state index in [1.165, 1.54) is 18.9 Å². The number of hydrogen-bond acceptors (Lipinski definition) is 4. The molecular weight excluding hydrogens is 254 g/mol. The van der Waals surface area contributed by atoms with Crippen LogP contribution in [0.1, 0.15) is 45.2 Å². The molecule has 1 aliphatic rings. The van der Waals surface area contributed by atoms with Gasteiger partial charge in [0.15, 0.2) is 0 Å². The molecule has 1 aromatic heterocycles. The van der Waals surface area contributed by atoms with E-state index in [0.29, 0.717) is 11.7 Å². The van der Waals surface area contributed by atoms with Crippen LogP contribution in [0.3, 0.4) is 0 Å². The second kappa shape index (κ2) is 6.20. The zero-order valence-electron chi connectivity index (χ0n) is 12.4. The van der Waals surface area contributed by atoms with Gasteiger partial charge in [-0.15, -0.1) is 0 Å². The summed E-state index contributed by atoms with van der Waals surface area (Å²) in [6.07, 6.45) is 4.81. The first-order valence-electron chi connectivity index (χ1n) is 7.36. The molecule has 1 heterocycles. The Morgan fingerprint density at radius 2 is 1.95 bits per heavy atom. The fraction of sp³-hybridized carbons (Fsp3) is 0.667. The second-order valence-electron chi connectivity index (χ2n) is 6.06. The summed E-state index contributed by atoms with van der Waals surface area (Å²) in [5, 5.41) is 14.2. The largest absolute Gasteiger partial charge is 0.367 e. The Kier molecular flexibility index (Phi) is 4.57. The maximum Gasteiger partial charge on any atom is 0.290 e. The standard InChI is InChI=1S/C15H23N3O2/c1-10(2)12-4-6-13(7-5-12)17-15-9-8-14(18(19)20)11(3)16-15/h8-10,12-13H,4-7H2,1-3H3,(H,16,17)/t12-,13-. The van der Waals surface area contributed by atoms with E-state index in [0.717, 1.165) is 30.5 Å². The van der Waals surface area contributed by atoms with Gasteiger partial charge in [-0.05, 0) is 50.5 Å². The van der Waals surface area contributed by atoms with Crippen molar-refractivity contribution >= 4 is 11.5 Å². The van der Waals surface area contributed by atoms with Gasteiger partial charge in [-0.25, -0.2) is 4.98 Å². The molecule has 5 nitrogen and oxygen atoms in total. The molecule has 0 bridgehead atoms. The number of nitrogens with zero attached hydrogens (tertiary/aromatic N) is 2. The number of anilines is 1. The van der Waals surface area contributed by atoms with Crippen LogP contribution in [0, 0.1) is 28.9 Å². The summed E-state index contributed by atoms with van der Waals surface area (Å²) in [6.45, 7) is 6.26. The topological polar surface area (TPSA) is 68.1 Å². The van der Waals surface area contributed by atoms with Crippen molar-refractivity contribution in [2.24, 2.45) is 11.8 Å². The lowest BCUT2D eigenvalue weighted by atomic mass is 9.80. The molecule has 0 unspecified atom stereocenters. The normalized spacial score (nSPS) is 22.8. The number of nitrogens with one attached hydrogen (secondary N) is 1. The molecule has 1 saturated carbocycles. The van der Waals surface area contributed by atoms with Crippen molar-refractivity contribution in [2.45, 2.75) is 52.5 Å². The average Bonchev–Trinajstić information content (AvgIpc) is 2.39. The van der Waals surface area contributed by atoms with Crippen LogP contribution in [-0.2, 0) is 0 Å². The van der Waals surface area contributed by atoms with Gasteiger partial charge in [-0.2, -0.15) is 0 Å². The van der Waals surface area contributed by atoms with Crippen LogP contribution in [0.25, 0.3) is 0 Å². The van der Waals surface area contributed by atoms with Crippen molar-refractivity contribution < 1.29 is 4.92 Å². The molecule has 0 radical (unpaired) electrons. The highest BCUT2D eigenvalue weighted by molar-refractivity contribution is 5.45. The molecule has 1 fully saturated rings. The third-order valence-corrected chi connectivity index (χ3v) is 4.32. The highest BCUT2D eigenvalue weighted by Crippen LogP contribution is 2.31. The van der Waals surface area contributed by atoms with E-state index in [1.54, 1.807) is 13.0 Å². The maximum absolute atomic E-state index is 10.8. The molecule has 0 saturated heterocycles. The first kappa shape index (κ1) is 14.8.